The van der Waals surface area contributed by atoms with Crippen molar-refractivity contribution in [2.75, 3.05) is 6.61 Å². The Labute approximate surface area is 138 Å². The number of benzene rings is 1. The third kappa shape index (κ3) is 4.39. The molecule has 1 aliphatic rings. The number of aromatic hydroxyl groups is 1. The van der Waals surface area contributed by atoms with Crippen molar-refractivity contribution in [1.29, 1.82) is 0 Å². The number of halogens is 1. The molecule has 6 nitrogen and oxygen atoms in total. The first-order valence-electron chi connectivity index (χ1n) is 6.99. The quantitative estimate of drug-likeness (QED) is 0.848. The molecule has 0 unspecified atom stereocenters. The molecule has 7 heteroatoms. The summed E-state index contributed by atoms with van der Waals surface area (Å²) in [7, 11) is 0. The Balaban J connectivity index is 2.33. The molecule has 0 saturated carbocycles. The monoisotopic (exact) mass is 340 g/mol. The highest BCUT2D eigenvalue weighted by Gasteiger charge is 2.37. The van der Waals surface area contributed by atoms with Gasteiger partial charge in [0.1, 0.15) is 12.4 Å². The molecule has 1 heterocycles. The van der Waals surface area contributed by atoms with Crippen molar-refractivity contribution in [3.05, 3.63) is 41.1 Å². The van der Waals surface area contributed by atoms with E-state index in [1.165, 1.54) is 26.2 Å². The van der Waals surface area contributed by atoms with Gasteiger partial charge in [0.2, 0.25) is 0 Å². The highest BCUT2D eigenvalue weighted by Crippen LogP contribution is 2.37. The van der Waals surface area contributed by atoms with Crippen molar-refractivity contribution >= 4 is 23.5 Å². The van der Waals surface area contributed by atoms with Gasteiger partial charge in [0, 0.05) is 30.4 Å². The van der Waals surface area contributed by atoms with Crippen LogP contribution in [0.3, 0.4) is 0 Å². The van der Waals surface area contributed by atoms with E-state index in [9.17, 15) is 14.7 Å². The van der Waals surface area contributed by atoms with Crippen LogP contribution in [-0.2, 0) is 23.8 Å². The van der Waals surface area contributed by atoms with Gasteiger partial charge in [0.25, 0.3) is 0 Å². The summed E-state index contributed by atoms with van der Waals surface area (Å²) < 4.78 is 15.7. The summed E-state index contributed by atoms with van der Waals surface area (Å²) in [6.45, 7) is 2.48. The van der Waals surface area contributed by atoms with Gasteiger partial charge in [-0.3, -0.25) is 9.59 Å². The van der Waals surface area contributed by atoms with Gasteiger partial charge in [-0.2, -0.15) is 0 Å². The number of rotatable bonds is 4. The first-order valence-corrected chi connectivity index (χ1v) is 7.37. The summed E-state index contributed by atoms with van der Waals surface area (Å²) in [5.41, 5.74) is 0.496. The van der Waals surface area contributed by atoms with E-state index in [4.69, 9.17) is 25.8 Å². The summed E-state index contributed by atoms with van der Waals surface area (Å²) >= 11 is 5.99. The first kappa shape index (κ1) is 17.1. The number of hydrogen-bond donors (Lipinski definition) is 1. The van der Waals surface area contributed by atoms with E-state index in [0.29, 0.717) is 10.6 Å². The van der Waals surface area contributed by atoms with E-state index in [1.807, 2.05) is 0 Å². The van der Waals surface area contributed by atoms with Crippen LogP contribution in [0.2, 0.25) is 5.02 Å². The van der Waals surface area contributed by atoms with Crippen LogP contribution in [0.25, 0.3) is 0 Å². The van der Waals surface area contributed by atoms with E-state index in [0.717, 1.165) is 0 Å². The molecule has 1 aromatic carbocycles. The highest BCUT2D eigenvalue weighted by molar-refractivity contribution is 6.30. The number of carbonyl (C=O) groups is 2. The third-order valence-corrected chi connectivity index (χ3v) is 3.60. The van der Waals surface area contributed by atoms with Gasteiger partial charge in [-0.25, -0.2) is 0 Å². The molecule has 124 valence electrons. The fourth-order valence-corrected chi connectivity index (χ4v) is 2.58. The Morgan fingerprint density at radius 1 is 1.30 bits per heavy atom. The third-order valence-electron chi connectivity index (χ3n) is 3.36. The van der Waals surface area contributed by atoms with E-state index in [1.54, 1.807) is 18.2 Å². The molecule has 0 aromatic heterocycles. The molecule has 23 heavy (non-hydrogen) atoms. The topological polar surface area (TPSA) is 82.1 Å². The molecule has 0 radical (unpaired) electrons. The van der Waals surface area contributed by atoms with Crippen molar-refractivity contribution < 1.29 is 28.9 Å². The lowest BCUT2D eigenvalue weighted by atomic mass is 9.88. The number of ether oxygens (including phenoxy) is 3. The molecule has 1 aromatic rings. The van der Waals surface area contributed by atoms with Crippen molar-refractivity contribution in [1.82, 2.24) is 0 Å². The minimum Gasteiger partial charge on any atom is -0.508 e. The molecular weight excluding hydrogens is 324 g/mol. The van der Waals surface area contributed by atoms with Gasteiger partial charge < -0.3 is 19.3 Å². The molecular formula is C16H17ClO6. The molecule has 0 saturated heterocycles. The molecule has 1 N–H and O–H groups in total. The second kappa shape index (κ2) is 7.37. The van der Waals surface area contributed by atoms with E-state index in [2.05, 4.69) is 0 Å². The number of esters is 2. The normalized spacial score (nSPS) is 23.0. The predicted octanol–water partition coefficient (Wildman–Crippen LogP) is 2.54. The highest BCUT2D eigenvalue weighted by atomic mass is 35.5. The lowest BCUT2D eigenvalue weighted by Gasteiger charge is -2.34. The second-order valence-corrected chi connectivity index (χ2v) is 5.55. The molecule has 1 aliphatic heterocycles. The smallest absolute Gasteiger partial charge is 0.303 e. The van der Waals surface area contributed by atoms with Crippen molar-refractivity contribution in [2.45, 2.75) is 32.0 Å². The summed E-state index contributed by atoms with van der Waals surface area (Å²) in [6.07, 6.45) is 1.64. The minimum absolute atomic E-state index is 0.0225. The zero-order valence-electron chi connectivity index (χ0n) is 12.7. The zero-order valence-corrected chi connectivity index (χ0v) is 13.4. The van der Waals surface area contributed by atoms with Crippen LogP contribution in [-0.4, -0.2) is 35.9 Å². The first-order chi connectivity index (χ1) is 10.9. The van der Waals surface area contributed by atoms with Crippen LogP contribution in [0.1, 0.15) is 25.3 Å². The van der Waals surface area contributed by atoms with Crippen LogP contribution in [0.4, 0.5) is 0 Å². The molecule has 3 atom stereocenters. The summed E-state index contributed by atoms with van der Waals surface area (Å²) in [5.74, 6) is -1.43. The molecule has 2 rings (SSSR count). The number of phenolic OH excluding ortho intramolecular Hbond substituents is 1. The standard InChI is InChI=1S/C16H17ClO6/c1-9(18)22-8-15-16(23-10(2)19)12(5-6-21-15)13-7-11(17)3-4-14(13)20/h3-7,12,15-16,20H,8H2,1-2H3/t12-,15+,16-/m0/s1. The van der Waals surface area contributed by atoms with Crippen molar-refractivity contribution in [3.8, 4) is 5.75 Å². The minimum atomic E-state index is -0.763. The SMILES string of the molecule is CC(=O)OC[C@H]1OC=C[C@@H](c2cc(Cl)ccc2O)[C@@H]1OC(C)=O. The van der Waals surface area contributed by atoms with Crippen LogP contribution < -0.4 is 0 Å². The summed E-state index contributed by atoms with van der Waals surface area (Å²) in [6, 6.07) is 4.62. The number of carbonyl (C=O) groups excluding carboxylic acids is 2. The van der Waals surface area contributed by atoms with Gasteiger partial charge in [0.15, 0.2) is 12.2 Å². The second-order valence-electron chi connectivity index (χ2n) is 5.11. The van der Waals surface area contributed by atoms with Crippen molar-refractivity contribution in [3.63, 3.8) is 0 Å². The Bertz CT molecular complexity index is 627. The van der Waals surface area contributed by atoms with Gasteiger partial charge >= 0.3 is 11.9 Å². The maximum Gasteiger partial charge on any atom is 0.303 e. The molecule has 0 aliphatic carbocycles. The van der Waals surface area contributed by atoms with Crippen LogP contribution in [0, 0.1) is 0 Å². The van der Waals surface area contributed by atoms with E-state index < -0.39 is 30.1 Å². The number of hydrogen-bond acceptors (Lipinski definition) is 6. The van der Waals surface area contributed by atoms with E-state index >= 15 is 0 Å². The fraction of sp³-hybridized carbons (Fsp3) is 0.375. The maximum atomic E-state index is 11.4. The molecule has 0 amide bonds. The van der Waals surface area contributed by atoms with Crippen LogP contribution in [0.5, 0.6) is 5.75 Å². The summed E-state index contributed by atoms with van der Waals surface area (Å²) in [4.78, 5) is 22.4. The number of phenols is 1. The Kier molecular flexibility index (Phi) is 5.50. The van der Waals surface area contributed by atoms with Crippen molar-refractivity contribution in [2.24, 2.45) is 0 Å². The molecule has 0 spiro atoms. The van der Waals surface area contributed by atoms with Crippen LogP contribution in [0.15, 0.2) is 30.5 Å². The van der Waals surface area contributed by atoms with Gasteiger partial charge in [0.05, 0.1) is 6.26 Å². The van der Waals surface area contributed by atoms with Crippen LogP contribution >= 0.6 is 11.6 Å². The maximum absolute atomic E-state index is 11.4. The zero-order chi connectivity index (χ0) is 17.0. The van der Waals surface area contributed by atoms with E-state index in [-0.39, 0.29) is 12.4 Å². The predicted molar refractivity (Wildman–Crippen MR) is 82.1 cm³/mol. The fourth-order valence-electron chi connectivity index (χ4n) is 2.40. The lowest BCUT2D eigenvalue weighted by Crippen LogP contribution is -2.42. The van der Waals surface area contributed by atoms with Gasteiger partial charge in [-0.1, -0.05) is 11.6 Å². The summed E-state index contributed by atoms with van der Waals surface area (Å²) in [5, 5.41) is 10.5. The molecule has 0 fully saturated rings. The Hall–Kier alpha value is -2.21. The molecule has 0 bridgehead atoms. The van der Waals surface area contributed by atoms with Gasteiger partial charge in [-0.05, 0) is 24.3 Å². The Morgan fingerprint density at radius 2 is 2.04 bits per heavy atom. The Morgan fingerprint density at radius 3 is 2.70 bits per heavy atom. The lowest BCUT2D eigenvalue weighted by molar-refractivity contribution is -0.161. The average molecular weight is 341 g/mol. The largest absolute Gasteiger partial charge is 0.508 e. The average Bonchev–Trinajstić information content (AvgIpc) is 2.48. The van der Waals surface area contributed by atoms with Gasteiger partial charge in [-0.15, -0.1) is 0 Å².